The molecule has 5 heterocycles. The Labute approximate surface area is 353 Å². The second kappa shape index (κ2) is 13.0. The zero-order valence-corrected chi connectivity index (χ0v) is 34.4. The van der Waals surface area contributed by atoms with E-state index in [1.165, 1.54) is 80.7 Å². The number of anilines is 3. The molecule has 13 rings (SSSR count). The van der Waals surface area contributed by atoms with Gasteiger partial charge in [-0.15, -0.1) is 45.3 Å². The van der Waals surface area contributed by atoms with Crippen molar-refractivity contribution in [1.82, 2.24) is 15.0 Å². The summed E-state index contributed by atoms with van der Waals surface area (Å²) in [5.41, 5.74) is 4.02. The molecule has 0 spiro atoms. The van der Waals surface area contributed by atoms with E-state index in [-0.39, 0.29) is 0 Å². The third-order valence-electron chi connectivity index (χ3n) is 11.3. The summed E-state index contributed by atoms with van der Waals surface area (Å²) in [5.74, 6) is 1.86. The van der Waals surface area contributed by atoms with Crippen LogP contribution in [0.5, 0.6) is 0 Å². The van der Waals surface area contributed by atoms with Gasteiger partial charge in [-0.25, -0.2) is 4.98 Å². The van der Waals surface area contributed by atoms with E-state index < -0.39 is 0 Å². The maximum atomic E-state index is 5.56. The maximum absolute atomic E-state index is 5.56. The van der Waals surface area contributed by atoms with Gasteiger partial charge in [0.25, 0.3) is 0 Å². The molecule has 0 radical (unpaired) electrons. The van der Waals surface area contributed by atoms with E-state index in [1.54, 1.807) is 11.3 Å². The summed E-state index contributed by atoms with van der Waals surface area (Å²) in [5, 5.41) is 9.77. The molecule has 0 N–H and O–H groups in total. The highest BCUT2D eigenvalue weighted by Crippen LogP contribution is 2.49. The lowest BCUT2D eigenvalue weighted by molar-refractivity contribution is 1.03. The molecule has 0 saturated carbocycles. The summed E-state index contributed by atoms with van der Waals surface area (Å²) in [6.45, 7) is 0. The first-order valence-corrected chi connectivity index (χ1v) is 22.7. The van der Waals surface area contributed by atoms with Gasteiger partial charge in [0, 0.05) is 87.1 Å². The fourth-order valence-electron chi connectivity index (χ4n) is 8.70. The summed E-state index contributed by atoms with van der Waals surface area (Å²) < 4.78 is 9.83. The quantitative estimate of drug-likeness (QED) is 0.173. The van der Waals surface area contributed by atoms with Gasteiger partial charge in [-0.3, -0.25) is 4.90 Å². The smallest absolute Gasteiger partial charge is 0.238 e. The first kappa shape index (κ1) is 33.4. The Morgan fingerprint density at radius 1 is 0.339 bits per heavy atom. The van der Waals surface area contributed by atoms with Crippen molar-refractivity contribution in [2.24, 2.45) is 0 Å². The molecule has 13 aromatic rings. The van der Waals surface area contributed by atoms with Crippen molar-refractivity contribution in [2.75, 3.05) is 4.90 Å². The lowest BCUT2D eigenvalue weighted by Gasteiger charge is -2.25. The van der Waals surface area contributed by atoms with Gasteiger partial charge in [0.05, 0.1) is 16.1 Å². The van der Waals surface area contributed by atoms with Crippen LogP contribution in [0, 0.1) is 0 Å². The zero-order valence-electron chi connectivity index (χ0n) is 31.1. The number of thiophene rings is 4. The molecule has 0 aliphatic rings. The van der Waals surface area contributed by atoms with E-state index in [1.807, 2.05) is 34.0 Å². The summed E-state index contributed by atoms with van der Waals surface area (Å²) in [6.07, 6.45) is 0. The van der Waals surface area contributed by atoms with E-state index in [0.29, 0.717) is 17.6 Å². The predicted octanol–water partition coefficient (Wildman–Crippen LogP) is 16.1. The number of nitrogens with zero attached hydrogens (tertiary/aromatic N) is 4. The third-order valence-corrected chi connectivity index (χ3v) is 16.1. The molecule has 0 fully saturated rings. The maximum Gasteiger partial charge on any atom is 0.238 e. The fourth-order valence-corrected chi connectivity index (χ4v) is 13.3. The third kappa shape index (κ3) is 5.14. The van der Waals surface area contributed by atoms with Crippen LogP contribution in [0.25, 0.3) is 103 Å². The average Bonchev–Trinajstić information content (AvgIpc) is 4.06. The second-order valence-corrected chi connectivity index (χ2v) is 19.0. The first-order valence-electron chi connectivity index (χ1n) is 19.4. The minimum absolute atomic E-state index is 0.575. The van der Waals surface area contributed by atoms with Crippen LogP contribution in [-0.2, 0) is 0 Å². The highest BCUT2D eigenvalue weighted by atomic mass is 32.1. The van der Waals surface area contributed by atoms with Gasteiger partial charge >= 0.3 is 0 Å². The van der Waals surface area contributed by atoms with Gasteiger partial charge in [-0.1, -0.05) is 103 Å². The van der Waals surface area contributed by atoms with Crippen molar-refractivity contribution >= 4 is 143 Å². The molecular weight excluding hydrogens is 797 g/mol. The van der Waals surface area contributed by atoms with Crippen LogP contribution in [0.2, 0.25) is 0 Å². The normalized spacial score (nSPS) is 12.1. The molecule has 0 saturated heterocycles. The summed E-state index contributed by atoms with van der Waals surface area (Å²) in [6, 6.07) is 61.1. The van der Waals surface area contributed by atoms with Gasteiger partial charge in [0.15, 0.2) is 11.6 Å². The molecule has 8 aromatic carbocycles. The number of aromatic nitrogens is 3. The SMILES string of the molecule is c1ccc2c(c1)sc1ccc(-c3nc(-c4cccc5c4sc4ccccc45)nc(N(c4cccc5c4sc4ccccc45)c4cccc5sc6ccccc6c45)n3)cc12. The van der Waals surface area contributed by atoms with Crippen LogP contribution in [0.4, 0.5) is 17.3 Å². The molecule has 0 amide bonds. The molecule has 0 aliphatic heterocycles. The van der Waals surface area contributed by atoms with Crippen molar-refractivity contribution < 1.29 is 0 Å². The molecule has 0 aliphatic carbocycles. The topological polar surface area (TPSA) is 41.9 Å². The molecule has 0 unspecified atom stereocenters. The molecule has 276 valence electrons. The van der Waals surface area contributed by atoms with Gasteiger partial charge in [0.2, 0.25) is 5.95 Å². The van der Waals surface area contributed by atoms with Crippen LogP contribution in [0.15, 0.2) is 170 Å². The van der Waals surface area contributed by atoms with Gasteiger partial charge < -0.3 is 0 Å². The van der Waals surface area contributed by atoms with Crippen LogP contribution < -0.4 is 4.90 Å². The summed E-state index contributed by atoms with van der Waals surface area (Å²) in [4.78, 5) is 18.8. The van der Waals surface area contributed by atoms with Gasteiger partial charge in [-0.05, 0) is 66.7 Å². The van der Waals surface area contributed by atoms with Crippen molar-refractivity contribution in [3.63, 3.8) is 0 Å². The number of hydrogen-bond acceptors (Lipinski definition) is 8. The molecular formula is C51H28N4S4. The highest BCUT2D eigenvalue weighted by Gasteiger charge is 2.26. The first-order chi connectivity index (χ1) is 29.2. The molecule has 59 heavy (non-hydrogen) atoms. The van der Waals surface area contributed by atoms with E-state index in [0.717, 1.165) is 22.5 Å². The largest absolute Gasteiger partial charge is 0.277 e. The Kier molecular flexibility index (Phi) is 7.35. The second-order valence-electron chi connectivity index (χ2n) is 14.7. The summed E-state index contributed by atoms with van der Waals surface area (Å²) in [7, 11) is 0. The Morgan fingerprint density at radius 2 is 0.847 bits per heavy atom. The molecule has 0 atom stereocenters. The molecule has 5 aromatic heterocycles. The lowest BCUT2D eigenvalue weighted by atomic mass is 10.1. The highest BCUT2D eigenvalue weighted by molar-refractivity contribution is 7.27. The Hall–Kier alpha value is -6.55. The van der Waals surface area contributed by atoms with E-state index in [4.69, 9.17) is 15.0 Å². The van der Waals surface area contributed by atoms with Gasteiger partial charge in [-0.2, -0.15) is 9.97 Å². The zero-order chi connectivity index (χ0) is 38.6. The number of rotatable bonds is 5. The van der Waals surface area contributed by atoms with E-state index in [9.17, 15) is 0 Å². The lowest BCUT2D eigenvalue weighted by Crippen LogP contribution is -2.15. The van der Waals surface area contributed by atoms with Gasteiger partial charge in [0.1, 0.15) is 0 Å². The number of hydrogen-bond donors (Lipinski definition) is 0. The van der Waals surface area contributed by atoms with Crippen LogP contribution in [0.1, 0.15) is 0 Å². The van der Waals surface area contributed by atoms with Crippen molar-refractivity contribution in [3.05, 3.63) is 170 Å². The van der Waals surface area contributed by atoms with E-state index in [2.05, 4.69) is 175 Å². The monoisotopic (exact) mass is 824 g/mol. The minimum Gasteiger partial charge on any atom is -0.277 e. The summed E-state index contributed by atoms with van der Waals surface area (Å²) >= 11 is 7.26. The molecule has 8 heteroatoms. The van der Waals surface area contributed by atoms with Crippen molar-refractivity contribution in [1.29, 1.82) is 0 Å². The predicted molar refractivity (Wildman–Crippen MR) is 257 cm³/mol. The Morgan fingerprint density at radius 3 is 1.61 bits per heavy atom. The van der Waals surface area contributed by atoms with Crippen LogP contribution >= 0.6 is 45.3 Å². The number of fused-ring (bicyclic) bond motifs is 12. The van der Waals surface area contributed by atoms with Crippen molar-refractivity contribution in [3.8, 4) is 22.8 Å². The van der Waals surface area contributed by atoms with E-state index >= 15 is 0 Å². The molecule has 0 bridgehead atoms. The number of benzene rings is 8. The fraction of sp³-hybridized carbons (Fsp3) is 0. The molecule has 4 nitrogen and oxygen atoms in total. The van der Waals surface area contributed by atoms with Crippen LogP contribution in [-0.4, -0.2) is 15.0 Å². The average molecular weight is 825 g/mol. The Balaban J connectivity index is 1.15. The minimum atomic E-state index is 0.575. The van der Waals surface area contributed by atoms with Crippen molar-refractivity contribution in [2.45, 2.75) is 0 Å². The Bertz CT molecular complexity index is 3830. The standard InChI is InChI=1S/C51H28N4S4/c1-6-22-41-30(12-1)33-16-9-18-36(47(33)58-41)50-52-49(29-26-27-44-37(28-29)32-14-3-5-21-40(32)56-44)53-51(54-50)55(38-19-11-25-45-46(38)35-15-4-8-24-43(35)57-45)39-20-10-17-34-31-13-2-7-23-42(31)59-48(34)39/h1-28H. The van der Waals surface area contributed by atoms with Crippen LogP contribution in [0.3, 0.4) is 0 Å².